The van der Waals surface area contributed by atoms with Gasteiger partial charge in [0.05, 0.1) is 11.8 Å². The van der Waals surface area contributed by atoms with Gasteiger partial charge in [0, 0.05) is 12.2 Å². The van der Waals surface area contributed by atoms with Gasteiger partial charge >= 0.3 is 0 Å². The number of sulfonamides is 1. The van der Waals surface area contributed by atoms with Crippen molar-refractivity contribution in [2.75, 3.05) is 11.4 Å². The molecule has 0 spiro atoms. The fourth-order valence-electron chi connectivity index (χ4n) is 2.96. The zero-order valence-corrected chi connectivity index (χ0v) is 14.3. The standard InChI is InChI=1S/C18H20N2O3S/c1-14(19-24(22,23)13-15-7-3-2-4-8-15)18(21)20-12-11-16-9-5-6-10-17(16)20/h2-10,14,19H,11-13H2,1H3/t14-/m0/s1. The number of hydrogen-bond acceptors (Lipinski definition) is 3. The van der Waals surface area contributed by atoms with Crippen LogP contribution in [0.15, 0.2) is 54.6 Å². The van der Waals surface area contributed by atoms with Gasteiger partial charge in [-0.15, -0.1) is 0 Å². The number of nitrogens with zero attached hydrogens (tertiary/aromatic N) is 1. The second-order valence-corrected chi connectivity index (χ2v) is 7.71. The van der Waals surface area contributed by atoms with Gasteiger partial charge in [-0.3, -0.25) is 4.79 Å². The molecule has 6 heteroatoms. The molecule has 2 aromatic carbocycles. The summed E-state index contributed by atoms with van der Waals surface area (Å²) in [5, 5.41) is 0. The van der Waals surface area contributed by atoms with E-state index in [0.29, 0.717) is 12.1 Å². The van der Waals surface area contributed by atoms with E-state index >= 15 is 0 Å². The molecule has 5 nitrogen and oxygen atoms in total. The second-order valence-electron chi connectivity index (χ2n) is 5.95. The van der Waals surface area contributed by atoms with Gasteiger partial charge < -0.3 is 4.90 Å². The van der Waals surface area contributed by atoms with Crippen LogP contribution in [0.5, 0.6) is 0 Å². The van der Waals surface area contributed by atoms with Gasteiger partial charge in [-0.2, -0.15) is 0 Å². The van der Waals surface area contributed by atoms with Crippen LogP contribution >= 0.6 is 0 Å². The molecule has 1 amide bonds. The van der Waals surface area contributed by atoms with Crippen LogP contribution in [0.25, 0.3) is 0 Å². The van der Waals surface area contributed by atoms with E-state index in [1.165, 1.54) is 0 Å². The van der Waals surface area contributed by atoms with E-state index in [0.717, 1.165) is 17.7 Å². The Morgan fingerprint density at radius 3 is 2.54 bits per heavy atom. The molecule has 126 valence electrons. The summed E-state index contributed by atoms with van der Waals surface area (Å²) < 4.78 is 27.1. The first-order chi connectivity index (χ1) is 11.5. The number of anilines is 1. The number of benzene rings is 2. The van der Waals surface area contributed by atoms with Gasteiger partial charge in [0.1, 0.15) is 0 Å². The van der Waals surface area contributed by atoms with Crippen LogP contribution in [0, 0.1) is 0 Å². The number of hydrogen-bond donors (Lipinski definition) is 1. The molecule has 1 atom stereocenters. The van der Waals surface area contributed by atoms with Crippen LogP contribution < -0.4 is 9.62 Å². The van der Waals surface area contributed by atoms with Crippen LogP contribution in [0.3, 0.4) is 0 Å². The van der Waals surface area contributed by atoms with Crippen molar-refractivity contribution in [1.82, 2.24) is 4.72 Å². The minimum atomic E-state index is -3.58. The Morgan fingerprint density at radius 2 is 1.79 bits per heavy atom. The Morgan fingerprint density at radius 1 is 1.12 bits per heavy atom. The maximum absolute atomic E-state index is 12.6. The number of amides is 1. The van der Waals surface area contributed by atoms with Crippen molar-refractivity contribution < 1.29 is 13.2 Å². The summed E-state index contributed by atoms with van der Waals surface area (Å²) >= 11 is 0. The van der Waals surface area contributed by atoms with Gasteiger partial charge in [0.2, 0.25) is 15.9 Å². The van der Waals surface area contributed by atoms with Crippen molar-refractivity contribution in [3.05, 3.63) is 65.7 Å². The summed E-state index contributed by atoms with van der Waals surface area (Å²) in [6.45, 7) is 2.18. The molecule has 24 heavy (non-hydrogen) atoms. The Bertz CT molecular complexity index is 834. The zero-order valence-electron chi connectivity index (χ0n) is 13.5. The maximum atomic E-state index is 12.6. The number of nitrogens with one attached hydrogen (secondary N) is 1. The summed E-state index contributed by atoms with van der Waals surface area (Å²) in [7, 11) is -3.58. The van der Waals surface area contributed by atoms with Crippen molar-refractivity contribution in [3.8, 4) is 0 Å². The van der Waals surface area contributed by atoms with Gasteiger partial charge in [-0.1, -0.05) is 48.5 Å². The van der Waals surface area contributed by atoms with Crippen LogP contribution in [0.4, 0.5) is 5.69 Å². The highest BCUT2D eigenvalue weighted by Gasteiger charge is 2.29. The van der Waals surface area contributed by atoms with E-state index in [2.05, 4.69) is 4.72 Å². The van der Waals surface area contributed by atoms with Crippen molar-refractivity contribution in [1.29, 1.82) is 0 Å². The van der Waals surface area contributed by atoms with Gasteiger partial charge in [-0.05, 0) is 30.5 Å². The third kappa shape index (κ3) is 3.66. The molecular weight excluding hydrogens is 324 g/mol. The Kier molecular flexibility index (Phi) is 4.69. The summed E-state index contributed by atoms with van der Waals surface area (Å²) in [5.74, 6) is -0.362. The number of rotatable bonds is 5. The molecular formula is C18H20N2O3S. The lowest BCUT2D eigenvalue weighted by molar-refractivity contribution is -0.119. The van der Waals surface area contributed by atoms with Crippen LogP contribution in [-0.4, -0.2) is 26.9 Å². The first-order valence-electron chi connectivity index (χ1n) is 7.89. The molecule has 0 saturated carbocycles. The quantitative estimate of drug-likeness (QED) is 0.903. The van der Waals surface area contributed by atoms with E-state index < -0.39 is 16.1 Å². The SMILES string of the molecule is C[C@H](NS(=O)(=O)Cc1ccccc1)C(=O)N1CCc2ccccc21. The summed E-state index contributed by atoms with van der Waals surface area (Å²) in [6.07, 6.45) is 0.797. The minimum absolute atomic E-state index is 0.137. The number of carbonyl (C=O) groups excluding carboxylic acids is 1. The molecule has 0 aliphatic carbocycles. The molecule has 0 aromatic heterocycles. The highest BCUT2D eigenvalue weighted by molar-refractivity contribution is 7.88. The molecule has 0 saturated heterocycles. The smallest absolute Gasteiger partial charge is 0.244 e. The Balaban J connectivity index is 1.68. The third-order valence-corrected chi connectivity index (χ3v) is 5.51. The number of carbonyl (C=O) groups is 1. The molecule has 2 aromatic rings. The van der Waals surface area contributed by atoms with Crippen LogP contribution in [-0.2, 0) is 27.0 Å². The predicted octanol–water partition coefficient (Wildman–Crippen LogP) is 2.08. The third-order valence-electron chi connectivity index (χ3n) is 4.08. The molecule has 0 bridgehead atoms. The molecule has 0 unspecified atom stereocenters. The fraction of sp³-hybridized carbons (Fsp3) is 0.278. The molecule has 0 fully saturated rings. The van der Waals surface area contributed by atoms with Crippen LogP contribution in [0.2, 0.25) is 0 Å². The number of para-hydroxylation sites is 1. The fourth-order valence-corrected chi connectivity index (χ4v) is 4.31. The molecule has 1 aliphatic rings. The van der Waals surface area contributed by atoms with Crippen molar-refractivity contribution in [3.63, 3.8) is 0 Å². The van der Waals surface area contributed by atoms with Crippen molar-refractivity contribution in [2.24, 2.45) is 0 Å². The molecule has 1 heterocycles. The first-order valence-corrected chi connectivity index (χ1v) is 9.55. The summed E-state index contributed by atoms with van der Waals surface area (Å²) in [4.78, 5) is 14.3. The highest BCUT2D eigenvalue weighted by atomic mass is 32.2. The highest BCUT2D eigenvalue weighted by Crippen LogP contribution is 2.27. The molecule has 3 rings (SSSR count). The minimum Gasteiger partial charge on any atom is -0.310 e. The van der Waals surface area contributed by atoms with E-state index in [1.807, 2.05) is 30.3 Å². The van der Waals surface area contributed by atoms with Gasteiger partial charge in [0.15, 0.2) is 0 Å². The predicted molar refractivity (Wildman–Crippen MR) is 94.2 cm³/mol. The van der Waals surface area contributed by atoms with E-state index in [-0.39, 0.29) is 11.7 Å². The Labute approximate surface area is 142 Å². The van der Waals surface area contributed by atoms with Gasteiger partial charge in [-0.25, -0.2) is 13.1 Å². The summed E-state index contributed by atoms with van der Waals surface area (Å²) in [5.41, 5.74) is 2.68. The van der Waals surface area contributed by atoms with E-state index in [4.69, 9.17) is 0 Å². The van der Waals surface area contributed by atoms with Crippen LogP contribution in [0.1, 0.15) is 18.1 Å². The van der Waals surface area contributed by atoms with Crippen molar-refractivity contribution in [2.45, 2.75) is 25.1 Å². The lowest BCUT2D eigenvalue weighted by atomic mass is 10.2. The maximum Gasteiger partial charge on any atom is 0.244 e. The topological polar surface area (TPSA) is 66.5 Å². The zero-order chi connectivity index (χ0) is 17.2. The van der Waals surface area contributed by atoms with E-state index in [9.17, 15) is 13.2 Å². The lowest BCUT2D eigenvalue weighted by Crippen LogP contribution is -2.46. The molecule has 0 radical (unpaired) electrons. The lowest BCUT2D eigenvalue weighted by Gasteiger charge is -2.22. The monoisotopic (exact) mass is 344 g/mol. The Hall–Kier alpha value is -2.18. The summed E-state index contributed by atoms with van der Waals surface area (Å²) in [6, 6.07) is 15.8. The number of fused-ring (bicyclic) bond motifs is 1. The van der Waals surface area contributed by atoms with E-state index in [1.54, 1.807) is 36.1 Å². The van der Waals surface area contributed by atoms with Crippen molar-refractivity contribution >= 4 is 21.6 Å². The molecule has 1 N–H and O–H groups in total. The first kappa shape index (κ1) is 16.7. The average Bonchev–Trinajstić information content (AvgIpc) is 2.98. The second kappa shape index (κ2) is 6.75. The average molecular weight is 344 g/mol. The largest absolute Gasteiger partial charge is 0.310 e. The van der Waals surface area contributed by atoms with Gasteiger partial charge in [0.25, 0.3) is 0 Å². The normalized spacial score (nSPS) is 15.1. The molecule has 1 aliphatic heterocycles.